The third-order valence-electron chi connectivity index (χ3n) is 4.11. The van der Waals surface area contributed by atoms with Crippen LogP contribution in [0.25, 0.3) is 0 Å². The minimum Gasteiger partial charge on any atom is -0.459 e. The summed E-state index contributed by atoms with van der Waals surface area (Å²) in [4.78, 5) is 26.8. The molecule has 132 valence electrons. The van der Waals surface area contributed by atoms with Gasteiger partial charge in [-0.1, -0.05) is 25.1 Å². The van der Waals surface area contributed by atoms with Crippen LogP contribution in [0.2, 0.25) is 0 Å². The Labute approximate surface area is 143 Å². The molecule has 1 aromatic heterocycles. The number of hydrogen-bond donors (Lipinski definition) is 2. The Morgan fingerprint density at radius 2 is 2.08 bits per heavy atom. The highest BCUT2D eigenvalue weighted by Crippen LogP contribution is 2.33. The molecule has 2 aromatic rings. The summed E-state index contributed by atoms with van der Waals surface area (Å²) in [6.45, 7) is 1.76. The average molecular weight is 346 g/mol. The number of esters is 1. The van der Waals surface area contributed by atoms with E-state index in [2.05, 4.69) is 10.1 Å². The van der Waals surface area contributed by atoms with E-state index in [-0.39, 0.29) is 18.3 Å². The summed E-state index contributed by atoms with van der Waals surface area (Å²) in [6, 6.07) is 8.59. The SMILES string of the molecule is C[C@H]1[C@@H](O)[C@H](n2cnc(C(N)=O)n2)O[C@@H]1COC(=O)c1ccccc1. The quantitative estimate of drug-likeness (QED) is 0.736. The fourth-order valence-electron chi connectivity index (χ4n) is 2.60. The first-order valence-electron chi connectivity index (χ1n) is 7.74. The van der Waals surface area contributed by atoms with Crippen LogP contribution in [-0.4, -0.2) is 50.6 Å². The first kappa shape index (κ1) is 17.1. The normalized spacial score (nSPS) is 25.7. The van der Waals surface area contributed by atoms with Crippen LogP contribution in [0.4, 0.5) is 0 Å². The molecule has 0 aliphatic carbocycles. The van der Waals surface area contributed by atoms with Gasteiger partial charge < -0.3 is 20.3 Å². The standard InChI is InChI=1S/C16H18N4O5/c1-9-11(7-24-16(23)10-5-3-2-4-6-10)25-15(12(9)21)20-8-18-14(19-20)13(17)22/h2-6,8-9,11-12,15,21H,7H2,1H3,(H2,17,22)/t9-,11-,12-,15-/m1/s1. The molecule has 1 fully saturated rings. The van der Waals surface area contributed by atoms with Gasteiger partial charge in [-0.3, -0.25) is 4.79 Å². The Morgan fingerprint density at radius 3 is 2.72 bits per heavy atom. The van der Waals surface area contributed by atoms with Crippen molar-refractivity contribution in [3.05, 3.63) is 48.0 Å². The molecule has 3 rings (SSSR count). The number of carbonyl (C=O) groups excluding carboxylic acids is 2. The number of hydrogen-bond acceptors (Lipinski definition) is 7. The maximum absolute atomic E-state index is 12.0. The lowest BCUT2D eigenvalue weighted by molar-refractivity contribution is -0.0614. The lowest BCUT2D eigenvalue weighted by Gasteiger charge is -2.15. The van der Waals surface area contributed by atoms with Gasteiger partial charge in [0.2, 0.25) is 5.82 Å². The first-order chi connectivity index (χ1) is 12.0. The van der Waals surface area contributed by atoms with Gasteiger partial charge in [0.15, 0.2) is 6.23 Å². The predicted molar refractivity (Wildman–Crippen MR) is 84.3 cm³/mol. The Bertz CT molecular complexity index is 763. The molecule has 1 aliphatic rings. The maximum Gasteiger partial charge on any atom is 0.338 e. The molecule has 9 nitrogen and oxygen atoms in total. The molecule has 1 amide bonds. The molecule has 9 heteroatoms. The van der Waals surface area contributed by atoms with Crippen LogP contribution < -0.4 is 5.73 Å². The minimum atomic E-state index is -0.900. The summed E-state index contributed by atoms with van der Waals surface area (Å²) in [5.74, 6) is -1.71. The number of aromatic nitrogens is 3. The number of rotatable bonds is 5. The van der Waals surface area contributed by atoms with Gasteiger partial charge in [0.1, 0.15) is 19.0 Å². The number of aliphatic hydroxyl groups excluding tert-OH is 1. The van der Waals surface area contributed by atoms with Crippen LogP contribution in [0, 0.1) is 5.92 Å². The minimum absolute atomic E-state index is 0.0141. The highest BCUT2D eigenvalue weighted by molar-refractivity contribution is 5.89. The molecule has 0 radical (unpaired) electrons. The Hall–Kier alpha value is -2.78. The summed E-state index contributed by atoms with van der Waals surface area (Å²) >= 11 is 0. The highest BCUT2D eigenvalue weighted by atomic mass is 16.6. The number of carbonyl (C=O) groups is 2. The largest absolute Gasteiger partial charge is 0.459 e. The van der Waals surface area contributed by atoms with E-state index in [1.807, 2.05) is 0 Å². The molecule has 0 spiro atoms. The molecule has 2 heterocycles. The molecule has 0 saturated carbocycles. The number of nitrogens with two attached hydrogens (primary N) is 1. The van der Waals surface area contributed by atoms with Gasteiger partial charge in [-0.15, -0.1) is 5.10 Å². The van der Waals surface area contributed by atoms with E-state index in [1.165, 1.54) is 11.0 Å². The van der Waals surface area contributed by atoms with Gasteiger partial charge in [0.05, 0.1) is 11.7 Å². The smallest absolute Gasteiger partial charge is 0.338 e. The van der Waals surface area contributed by atoms with E-state index >= 15 is 0 Å². The first-order valence-corrected chi connectivity index (χ1v) is 7.74. The van der Waals surface area contributed by atoms with Crippen LogP contribution in [-0.2, 0) is 9.47 Å². The zero-order valence-corrected chi connectivity index (χ0v) is 13.5. The fraction of sp³-hybridized carbons (Fsp3) is 0.375. The second-order valence-electron chi connectivity index (χ2n) is 5.79. The van der Waals surface area contributed by atoms with Crippen molar-refractivity contribution in [2.24, 2.45) is 11.7 Å². The van der Waals surface area contributed by atoms with Gasteiger partial charge in [-0.2, -0.15) is 0 Å². The van der Waals surface area contributed by atoms with Crippen molar-refractivity contribution in [3.63, 3.8) is 0 Å². The molecule has 1 aliphatic heterocycles. The molecular formula is C16H18N4O5. The van der Waals surface area contributed by atoms with E-state index in [9.17, 15) is 14.7 Å². The Kier molecular flexibility index (Phi) is 4.77. The summed E-state index contributed by atoms with van der Waals surface area (Å²) < 4.78 is 12.2. The summed E-state index contributed by atoms with van der Waals surface area (Å²) in [7, 11) is 0. The molecule has 0 unspecified atom stereocenters. The number of ether oxygens (including phenoxy) is 2. The number of amides is 1. The highest BCUT2D eigenvalue weighted by Gasteiger charge is 2.43. The van der Waals surface area contributed by atoms with Crippen LogP contribution >= 0.6 is 0 Å². The number of nitrogens with zero attached hydrogens (tertiary/aromatic N) is 3. The summed E-state index contributed by atoms with van der Waals surface area (Å²) in [6.07, 6.45) is -0.994. The molecule has 25 heavy (non-hydrogen) atoms. The van der Waals surface area contributed by atoms with Gasteiger partial charge in [-0.05, 0) is 12.1 Å². The zero-order chi connectivity index (χ0) is 18.0. The topological polar surface area (TPSA) is 130 Å². The molecule has 4 atom stereocenters. The monoisotopic (exact) mass is 346 g/mol. The van der Waals surface area contributed by atoms with Crippen molar-refractivity contribution in [3.8, 4) is 0 Å². The molecular weight excluding hydrogens is 328 g/mol. The molecule has 1 aromatic carbocycles. The number of aliphatic hydroxyl groups is 1. The Balaban J connectivity index is 1.63. The van der Waals surface area contributed by atoms with Crippen LogP contribution in [0.5, 0.6) is 0 Å². The van der Waals surface area contributed by atoms with Crippen molar-refractivity contribution >= 4 is 11.9 Å². The van der Waals surface area contributed by atoms with Crippen molar-refractivity contribution in [1.29, 1.82) is 0 Å². The fourth-order valence-corrected chi connectivity index (χ4v) is 2.60. The predicted octanol–water partition coefficient (Wildman–Crippen LogP) is 0.128. The van der Waals surface area contributed by atoms with Crippen molar-refractivity contribution < 1.29 is 24.2 Å². The van der Waals surface area contributed by atoms with E-state index < -0.39 is 30.3 Å². The van der Waals surface area contributed by atoms with Crippen molar-refractivity contribution in [2.45, 2.75) is 25.4 Å². The number of primary amides is 1. The van der Waals surface area contributed by atoms with Crippen LogP contribution in [0.3, 0.4) is 0 Å². The third kappa shape index (κ3) is 3.52. The van der Waals surface area contributed by atoms with Crippen LogP contribution in [0.15, 0.2) is 36.7 Å². The van der Waals surface area contributed by atoms with E-state index in [0.717, 1.165) is 0 Å². The van der Waals surface area contributed by atoms with Gasteiger partial charge in [0.25, 0.3) is 5.91 Å². The maximum atomic E-state index is 12.0. The molecule has 3 N–H and O–H groups in total. The summed E-state index contributed by atoms with van der Waals surface area (Å²) in [5, 5.41) is 14.2. The van der Waals surface area contributed by atoms with Crippen molar-refractivity contribution in [1.82, 2.24) is 14.8 Å². The van der Waals surface area contributed by atoms with E-state index in [1.54, 1.807) is 37.3 Å². The van der Waals surface area contributed by atoms with Crippen molar-refractivity contribution in [2.75, 3.05) is 6.61 Å². The second-order valence-corrected chi connectivity index (χ2v) is 5.79. The van der Waals surface area contributed by atoms with Crippen LogP contribution in [0.1, 0.15) is 34.1 Å². The van der Waals surface area contributed by atoms with Gasteiger partial charge >= 0.3 is 5.97 Å². The average Bonchev–Trinajstić information content (AvgIpc) is 3.20. The zero-order valence-electron chi connectivity index (χ0n) is 13.5. The van der Waals surface area contributed by atoms with Gasteiger partial charge in [-0.25, -0.2) is 14.5 Å². The van der Waals surface area contributed by atoms with E-state index in [4.69, 9.17) is 15.2 Å². The third-order valence-corrected chi connectivity index (χ3v) is 4.11. The lowest BCUT2D eigenvalue weighted by atomic mass is 10.0. The number of benzene rings is 1. The summed E-state index contributed by atoms with van der Waals surface area (Å²) in [5.41, 5.74) is 5.55. The van der Waals surface area contributed by atoms with E-state index in [0.29, 0.717) is 5.56 Å². The Morgan fingerprint density at radius 1 is 1.36 bits per heavy atom. The lowest BCUT2D eigenvalue weighted by Crippen LogP contribution is -2.27. The molecule has 1 saturated heterocycles. The molecule has 0 bridgehead atoms. The second kappa shape index (κ2) is 6.99. The van der Waals surface area contributed by atoms with Gasteiger partial charge in [0, 0.05) is 5.92 Å².